The summed E-state index contributed by atoms with van der Waals surface area (Å²) in [5, 5.41) is 9.46. The molecule has 4 nitrogen and oxygen atoms in total. The molecule has 0 atom stereocenters. The average Bonchev–Trinajstić information content (AvgIpc) is 3.87. The monoisotopic (exact) mass is 606 g/mol. The normalized spacial score (nSPS) is 12.3. The van der Waals surface area contributed by atoms with Crippen LogP contribution < -0.4 is 0 Å². The largest absolute Gasteiger partial charge is 0.456 e. The lowest BCUT2D eigenvalue weighted by Crippen LogP contribution is -1.97. The maximum atomic E-state index is 6.65. The van der Waals surface area contributed by atoms with Crippen LogP contribution >= 0.6 is 11.3 Å². The van der Waals surface area contributed by atoms with E-state index in [0.29, 0.717) is 5.89 Å². The van der Waals surface area contributed by atoms with E-state index in [1.165, 1.54) is 47.4 Å². The Kier molecular flexibility index (Phi) is 4.69. The molecular weight excluding hydrogens is 585 g/mol. The summed E-state index contributed by atoms with van der Waals surface area (Å²) in [6.07, 6.45) is 0. The van der Waals surface area contributed by atoms with Gasteiger partial charge in [0.05, 0.1) is 22.1 Å². The van der Waals surface area contributed by atoms with Gasteiger partial charge in [-0.25, -0.2) is 4.98 Å². The predicted molar refractivity (Wildman–Crippen MR) is 191 cm³/mol. The van der Waals surface area contributed by atoms with Gasteiger partial charge in [0.15, 0.2) is 5.58 Å². The summed E-state index contributed by atoms with van der Waals surface area (Å²) < 4.78 is 17.9. The Morgan fingerprint density at radius 1 is 0.522 bits per heavy atom. The maximum Gasteiger partial charge on any atom is 0.227 e. The van der Waals surface area contributed by atoms with Gasteiger partial charge >= 0.3 is 0 Å². The Morgan fingerprint density at radius 3 is 2.26 bits per heavy atom. The molecule has 5 heteroatoms. The Hall–Kier alpha value is -5.91. The second-order valence-corrected chi connectivity index (χ2v) is 13.0. The highest BCUT2D eigenvalue weighted by atomic mass is 32.1. The minimum atomic E-state index is 0.600. The third-order valence-corrected chi connectivity index (χ3v) is 10.5. The van der Waals surface area contributed by atoms with Gasteiger partial charge in [-0.3, -0.25) is 0 Å². The first-order chi connectivity index (χ1) is 22.8. The third kappa shape index (κ3) is 3.19. The number of nitrogens with zero attached hydrogens (tertiary/aromatic N) is 2. The van der Waals surface area contributed by atoms with Crippen LogP contribution in [0, 0.1) is 0 Å². The number of para-hydroxylation sites is 3. The molecule has 11 aromatic rings. The van der Waals surface area contributed by atoms with Crippen LogP contribution in [-0.4, -0.2) is 9.55 Å². The van der Waals surface area contributed by atoms with Crippen LogP contribution in [0.1, 0.15) is 0 Å². The summed E-state index contributed by atoms with van der Waals surface area (Å²) in [5.41, 5.74) is 7.73. The lowest BCUT2D eigenvalue weighted by Gasteiger charge is -2.14. The SMILES string of the molecule is c1ccc2c(-n3c4ccccc4c4ccc5sc6ccccc6c5c43)c3c(cc2c1)oc1ccc(-c2nc4ccccc4o2)cc13. The van der Waals surface area contributed by atoms with Crippen LogP contribution in [0.5, 0.6) is 0 Å². The van der Waals surface area contributed by atoms with Crippen LogP contribution in [0.2, 0.25) is 0 Å². The molecule has 0 aliphatic rings. The predicted octanol–water partition coefficient (Wildman–Crippen LogP) is 12.0. The van der Waals surface area contributed by atoms with Crippen molar-refractivity contribution in [3.63, 3.8) is 0 Å². The summed E-state index contributed by atoms with van der Waals surface area (Å²) in [4.78, 5) is 4.81. The number of benzene rings is 7. The van der Waals surface area contributed by atoms with Crippen molar-refractivity contribution in [3.05, 3.63) is 133 Å². The number of hydrogen-bond acceptors (Lipinski definition) is 4. The van der Waals surface area contributed by atoms with Crippen molar-refractivity contribution in [1.82, 2.24) is 9.55 Å². The molecule has 11 rings (SSSR count). The first kappa shape index (κ1) is 24.4. The van der Waals surface area contributed by atoms with Gasteiger partial charge in [0.2, 0.25) is 5.89 Å². The molecule has 0 bridgehead atoms. The van der Waals surface area contributed by atoms with Crippen molar-refractivity contribution in [2.45, 2.75) is 0 Å². The molecule has 4 heterocycles. The van der Waals surface area contributed by atoms with Crippen LogP contribution in [0.15, 0.2) is 142 Å². The van der Waals surface area contributed by atoms with Crippen LogP contribution in [-0.2, 0) is 0 Å². The first-order valence-corrected chi connectivity index (χ1v) is 16.2. The lowest BCUT2D eigenvalue weighted by atomic mass is 10.0. The Bertz CT molecular complexity index is 3010. The molecule has 0 amide bonds. The molecule has 214 valence electrons. The summed E-state index contributed by atoms with van der Waals surface area (Å²) >= 11 is 1.85. The summed E-state index contributed by atoms with van der Waals surface area (Å²) in [5.74, 6) is 0.600. The van der Waals surface area contributed by atoms with Gasteiger partial charge in [0, 0.05) is 47.3 Å². The number of oxazole rings is 1. The highest BCUT2D eigenvalue weighted by Gasteiger charge is 2.23. The molecule has 7 aromatic carbocycles. The van der Waals surface area contributed by atoms with Gasteiger partial charge in [0.25, 0.3) is 0 Å². The second-order valence-electron chi connectivity index (χ2n) is 11.9. The van der Waals surface area contributed by atoms with E-state index in [-0.39, 0.29) is 0 Å². The fourth-order valence-electron chi connectivity index (χ4n) is 7.44. The number of aromatic nitrogens is 2. The van der Waals surface area contributed by atoms with E-state index in [2.05, 4.69) is 102 Å². The highest BCUT2D eigenvalue weighted by molar-refractivity contribution is 7.26. The van der Waals surface area contributed by atoms with E-state index < -0.39 is 0 Å². The number of hydrogen-bond donors (Lipinski definition) is 0. The zero-order valence-corrected chi connectivity index (χ0v) is 25.1. The van der Waals surface area contributed by atoms with E-state index in [1.807, 2.05) is 47.7 Å². The molecule has 0 N–H and O–H groups in total. The lowest BCUT2D eigenvalue weighted by molar-refractivity contribution is 0.620. The van der Waals surface area contributed by atoms with E-state index in [0.717, 1.165) is 49.7 Å². The van der Waals surface area contributed by atoms with E-state index in [9.17, 15) is 0 Å². The molecule has 46 heavy (non-hydrogen) atoms. The zero-order chi connectivity index (χ0) is 29.9. The average molecular weight is 607 g/mol. The molecule has 0 aliphatic heterocycles. The second kappa shape index (κ2) is 8.84. The first-order valence-electron chi connectivity index (χ1n) is 15.4. The fraction of sp³-hybridized carbons (Fsp3) is 0. The smallest absolute Gasteiger partial charge is 0.227 e. The van der Waals surface area contributed by atoms with Crippen LogP contribution in [0.4, 0.5) is 0 Å². The molecule has 0 saturated heterocycles. The molecule has 0 saturated carbocycles. The zero-order valence-electron chi connectivity index (χ0n) is 24.3. The van der Waals surface area contributed by atoms with E-state index in [1.54, 1.807) is 0 Å². The van der Waals surface area contributed by atoms with Gasteiger partial charge in [-0.2, -0.15) is 0 Å². The molecule has 4 aromatic heterocycles. The van der Waals surface area contributed by atoms with Gasteiger partial charge in [-0.15, -0.1) is 11.3 Å². The highest BCUT2D eigenvalue weighted by Crippen LogP contribution is 2.47. The number of furan rings is 1. The molecule has 0 aliphatic carbocycles. The van der Waals surface area contributed by atoms with E-state index in [4.69, 9.17) is 13.8 Å². The fourth-order valence-corrected chi connectivity index (χ4v) is 8.54. The molecule has 0 fully saturated rings. The van der Waals surface area contributed by atoms with Crippen molar-refractivity contribution in [3.8, 4) is 17.1 Å². The minimum Gasteiger partial charge on any atom is -0.456 e. The maximum absolute atomic E-state index is 6.65. The Labute approximate surface area is 265 Å². The number of thiophene rings is 1. The molecule has 0 radical (unpaired) electrons. The summed E-state index contributed by atoms with van der Waals surface area (Å²) in [6, 6.07) is 47.1. The number of rotatable bonds is 2. The minimum absolute atomic E-state index is 0.600. The Morgan fingerprint density at radius 2 is 1.33 bits per heavy atom. The summed E-state index contributed by atoms with van der Waals surface area (Å²) in [7, 11) is 0. The van der Waals surface area contributed by atoms with Gasteiger partial charge in [0.1, 0.15) is 16.7 Å². The standard InChI is InChI=1S/C41H22N2O2S/c1-2-10-25-23(9-1)22-34-37(29-21-24(17-19-32(29)44-34)41-42-30-13-5-7-15-33(30)45-41)39(25)43-31-14-6-3-11-26(31)27-18-20-36-38(40(27)43)28-12-4-8-16-35(28)46-36/h1-22H. The van der Waals surface area contributed by atoms with Crippen molar-refractivity contribution in [2.75, 3.05) is 0 Å². The van der Waals surface area contributed by atoms with Crippen molar-refractivity contribution >= 4 is 97.1 Å². The quantitative estimate of drug-likeness (QED) is 0.197. The third-order valence-electron chi connectivity index (χ3n) is 9.39. The van der Waals surface area contributed by atoms with Crippen LogP contribution in [0.3, 0.4) is 0 Å². The van der Waals surface area contributed by atoms with Gasteiger partial charge in [-0.1, -0.05) is 78.9 Å². The van der Waals surface area contributed by atoms with E-state index >= 15 is 0 Å². The van der Waals surface area contributed by atoms with Crippen molar-refractivity contribution in [1.29, 1.82) is 0 Å². The summed E-state index contributed by atoms with van der Waals surface area (Å²) in [6.45, 7) is 0. The van der Waals surface area contributed by atoms with Gasteiger partial charge in [-0.05, 0) is 60.0 Å². The Balaban J connectivity index is 1.35. The van der Waals surface area contributed by atoms with Crippen LogP contribution in [0.25, 0.3) is 103 Å². The van der Waals surface area contributed by atoms with Crippen molar-refractivity contribution < 1.29 is 8.83 Å². The van der Waals surface area contributed by atoms with Crippen molar-refractivity contribution in [2.24, 2.45) is 0 Å². The molecule has 0 unspecified atom stereocenters. The molecule has 0 spiro atoms. The topological polar surface area (TPSA) is 44.1 Å². The number of fused-ring (bicyclic) bond motifs is 12. The molecular formula is C41H22N2O2S. The van der Waals surface area contributed by atoms with Gasteiger partial charge < -0.3 is 13.4 Å².